The van der Waals surface area contributed by atoms with Crippen LogP contribution < -0.4 is 0 Å². The van der Waals surface area contributed by atoms with Gasteiger partial charge in [-0.3, -0.25) is 0 Å². The summed E-state index contributed by atoms with van der Waals surface area (Å²) in [6, 6.07) is 8.30. The zero-order chi connectivity index (χ0) is 10.2. The standard InChI is InChI=1S/C12H16O2/c1-14-10-12-7-4-6-11(9-12)5-2-3-8-13/h4,6-9H,2-3,5,10H2,1H3. The van der Waals surface area contributed by atoms with Gasteiger partial charge in [0.1, 0.15) is 6.29 Å². The molecule has 0 unspecified atom stereocenters. The smallest absolute Gasteiger partial charge is 0.120 e. The number of carbonyl (C=O) groups excluding carboxylic acids is 1. The number of hydrogen-bond acceptors (Lipinski definition) is 2. The fourth-order valence-corrected chi connectivity index (χ4v) is 1.43. The fraction of sp³-hybridized carbons (Fsp3) is 0.417. The summed E-state index contributed by atoms with van der Waals surface area (Å²) in [6.45, 7) is 0.654. The van der Waals surface area contributed by atoms with Crippen molar-refractivity contribution in [1.29, 1.82) is 0 Å². The number of ether oxygens (including phenoxy) is 1. The average Bonchev–Trinajstić information content (AvgIpc) is 2.19. The van der Waals surface area contributed by atoms with Gasteiger partial charge >= 0.3 is 0 Å². The lowest BCUT2D eigenvalue weighted by molar-refractivity contribution is -0.107. The van der Waals surface area contributed by atoms with E-state index in [-0.39, 0.29) is 0 Å². The lowest BCUT2D eigenvalue weighted by atomic mass is 10.1. The highest BCUT2D eigenvalue weighted by Gasteiger charge is 1.95. The third kappa shape index (κ3) is 3.71. The van der Waals surface area contributed by atoms with Crippen LogP contribution in [-0.2, 0) is 22.6 Å². The Morgan fingerprint density at radius 3 is 2.86 bits per heavy atom. The van der Waals surface area contributed by atoms with Crippen molar-refractivity contribution in [1.82, 2.24) is 0 Å². The molecule has 0 atom stereocenters. The molecule has 2 nitrogen and oxygen atoms in total. The Balaban J connectivity index is 2.50. The molecule has 0 bridgehead atoms. The van der Waals surface area contributed by atoms with Gasteiger partial charge in [0.15, 0.2) is 0 Å². The van der Waals surface area contributed by atoms with E-state index in [1.54, 1.807) is 7.11 Å². The zero-order valence-electron chi connectivity index (χ0n) is 8.53. The highest BCUT2D eigenvalue weighted by atomic mass is 16.5. The van der Waals surface area contributed by atoms with Crippen LogP contribution in [0.5, 0.6) is 0 Å². The van der Waals surface area contributed by atoms with Crippen LogP contribution in [0, 0.1) is 0 Å². The van der Waals surface area contributed by atoms with Crippen molar-refractivity contribution >= 4 is 6.29 Å². The summed E-state index contributed by atoms with van der Waals surface area (Å²) in [6.07, 6.45) is 3.52. The summed E-state index contributed by atoms with van der Waals surface area (Å²) in [5.41, 5.74) is 2.47. The van der Waals surface area contributed by atoms with E-state index in [2.05, 4.69) is 12.1 Å². The molecular weight excluding hydrogens is 176 g/mol. The Bertz CT molecular complexity index is 281. The van der Waals surface area contributed by atoms with Gasteiger partial charge in [0.05, 0.1) is 6.61 Å². The maximum atomic E-state index is 10.1. The van der Waals surface area contributed by atoms with Gasteiger partial charge in [0.2, 0.25) is 0 Å². The summed E-state index contributed by atoms with van der Waals surface area (Å²) in [5.74, 6) is 0. The lowest BCUT2D eigenvalue weighted by Crippen LogP contribution is -1.91. The van der Waals surface area contributed by atoms with Crippen LogP contribution in [0.3, 0.4) is 0 Å². The van der Waals surface area contributed by atoms with E-state index >= 15 is 0 Å². The minimum atomic E-state index is 0.647. The van der Waals surface area contributed by atoms with Crippen molar-refractivity contribution in [2.75, 3.05) is 7.11 Å². The SMILES string of the molecule is COCc1cccc(CCCC=O)c1. The first kappa shape index (κ1) is 10.9. The van der Waals surface area contributed by atoms with Gasteiger partial charge in [-0.25, -0.2) is 0 Å². The monoisotopic (exact) mass is 192 g/mol. The predicted molar refractivity (Wildman–Crippen MR) is 56.2 cm³/mol. The van der Waals surface area contributed by atoms with Gasteiger partial charge in [-0.1, -0.05) is 24.3 Å². The Labute approximate surface area is 84.9 Å². The molecule has 1 rings (SSSR count). The minimum absolute atomic E-state index is 0.647. The molecule has 1 aromatic rings. The minimum Gasteiger partial charge on any atom is -0.380 e. The zero-order valence-corrected chi connectivity index (χ0v) is 8.53. The molecular formula is C12H16O2. The molecule has 2 heteroatoms. The molecule has 0 N–H and O–H groups in total. The molecule has 0 radical (unpaired) electrons. The molecule has 0 fully saturated rings. The van der Waals surface area contributed by atoms with Gasteiger partial charge in [-0.15, -0.1) is 0 Å². The normalized spacial score (nSPS) is 10.1. The molecule has 0 saturated heterocycles. The molecule has 0 aliphatic carbocycles. The quantitative estimate of drug-likeness (QED) is 0.511. The Hall–Kier alpha value is -1.15. The molecule has 0 aliphatic rings. The summed E-state index contributed by atoms with van der Waals surface area (Å²) < 4.78 is 5.05. The molecule has 14 heavy (non-hydrogen) atoms. The number of aldehydes is 1. The first-order chi connectivity index (χ1) is 6.86. The molecule has 0 spiro atoms. The number of benzene rings is 1. The lowest BCUT2D eigenvalue weighted by Gasteiger charge is -2.03. The predicted octanol–water partition coefficient (Wildman–Crippen LogP) is 2.35. The highest BCUT2D eigenvalue weighted by Crippen LogP contribution is 2.09. The van der Waals surface area contributed by atoms with Crippen molar-refractivity contribution in [2.45, 2.75) is 25.9 Å². The highest BCUT2D eigenvalue weighted by molar-refractivity contribution is 5.49. The summed E-state index contributed by atoms with van der Waals surface area (Å²) in [7, 11) is 1.69. The van der Waals surface area contributed by atoms with Gasteiger partial charge in [-0.05, 0) is 24.0 Å². The van der Waals surface area contributed by atoms with Crippen molar-refractivity contribution in [3.8, 4) is 0 Å². The van der Waals surface area contributed by atoms with Crippen LogP contribution in [0.25, 0.3) is 0 Å². The maximum Gasteiger partial charge on any atom is 0.120 e. The largest absolute Gasteiger partial charge is 0.380 e. The van der Waals surface area contributed by atoms with E-state index in [0.717, 1.165) is 19.1 Å². The third-order valence-corrected chi connectivity index (χ3v) is 2.09. The van der Waals surface area contributed by atoms with Crippen LogP contribution in [0.1, 0.15) is 24.0 Å². The van der Waals surface area contributed by atoms with Gasteiger partial charge in [0.25, 0.3) is 0 Å². The molecule has 76 valence electrons. The second kappa shape index (κ2) is 6.33. The van der Waals surface area contributed by atoms with Crippen molar-refractivity contribution in [3.05, 3.63) is 35.4 Å². The Morgan fingerprint density at radius 1 is 1.36 bits per heavy atom. The second-order valence-electron chi connectivity index (χ2n) is 3.31. The Kier molecular flexibility index (Phi) is 4.94. The van der Waals surface area contributed by atoms with Crippen molar-refractivity contribution in [3.63, 3.8) is 0 Å². The van der Waals surface area contributed by atoms with E-state index in [1.165, 1.54) is 11.1 Å². The number of rotatable bonds is 6. The van der Waals surface area contributed by atoms with E-state index in [4.69, 9.17) is 4.74 Å². The van der Waals surface area contributed by atoms with Gasteiger partial charge < -0.3 is 9.53 Å². The van der Waals surface area contributed by atoms with Crippen LogP contribution in [0.4, 0.5) is 0 Å². The van der Waals surface area contributed by atoms with E-state index in [9.17, 15) is 4.79 Å². The molecule has 0 aliphatic heterocycles. The number of hydrogen-bond donors (Lipinski definition) is 0. The number of carbonyl (C=O) groups is 1. The first-order valence-electron chi connectivity index (χ1n) is 4.87. The second-order valence-corrected chi connectivity index (χ2v) is 3.31. The van der Waals surface area contributed by atoms with Crippen molar-refractivity contribution < 1.29 is 9.53 Å². The van der Waals surface area contributed by atoms with Gasteiger partial charge in [0, 0.05) is 13.5 Å². The van der Waals surface area contributed by atoms with Crippen LogP contribution in [0.15, 0.2) is 24.3 Å². The number of unbranched alkanes of at least 4 members (excludes halogenated alkanes) is 1. The molecule has 0 saturated carbocycles. The Morgan fingerprint density at radius 2 is 2.14 bits per heavy atom. The number of aryl methyl sites for hydroxylation is 1. The number of methoxy groups -OCH3 is 1. The molecule has 0 aromatic heterocycles. The van der Waals surface area contributed by atoms with Crippen LogP contribution in [0.2, 0.25) is 0 Å². The van der Waals surface area contributed by atoms with Crippen molar-refractivity contribution in [2.24, 2.45) is 0 Å². The van der Waals surface area contributed by atoms with E-state index < -0.39 is 0 Å². The maximum absolute atomic E-state index is 10.1. The molecule has 1 aromatic carbocycles. The summed E-state index contributed by atoms with van der Waals surface area (Å²) >= 11 is 0. The summed E-state index contributed by atoms with van der Waals surface area (Å²) in [4.78, 5) is 10.1. The van der Waals surface area contributed by atoms with Crippen LogP contribution >= 0.6 is 0 Å². The van der Waals surface area contributed by atoms with E-state index in [0.29, 0.717) is 13.0 Å². The molecule has 0 heterocycles. The summed E-state index contributed by atoms with van der Waals surface area (Å²) in [5, 5.41) is 0. The van der Waals surface area contributed by atoms with Gasteiger partial charge in [-0.2, -0.15) is 0 Å². The van der Waals surface area contributed by atoms with Crippen LogP contribution in [-0.4, -0.2) is 13.4 Å². The topological polar surface area (TPSA) is 26.3 Å². The average molecular weight is 192 g/mol. The fourth-order valence-electron chi connectivity index (χ4n) is 1.43. The molecule has 0 amide bonds. The van der Waals surface area contributed by atoms with E-state index in [1.807, 2.05) is 12.1 Å². The third-order valence-electron chi connectivity index (χ3n) is 2.09. The first-order valence-corrected chi connectivity index (χ1v) is 4.87.